The van der Waals surface area contributed by atoms with Crippen molar-refractivity contribution in [3.05, 3.63) is 67.8 Å². The zero-order chi connectivity index (χ0) is 19.9. The summed E-state index contributed by atoms with van der Waals surface area (Å²) in [5, 5.41) is 14.4. The molecule has 3 heterocycles. The maximum atomic E-state index is 13.2. The summed E-state index contributed by atoms with van der Waals surface area (Å²) < 4.78 is 41.6. The number of rotatable bonds is 3. The number of aromatic amines is 1. The van der Waals surface area contributed by atoms with E-state index in [4.69, 9.17) is 0 Å². The van der Waals surface area contributed by atoms with Gasteiger partial charge in [0.1, 0.15) is 10.2 Å². The summed E-state index contributed by atoms with van der Waals surface area (Å²) in [5.74, 6) is 0. The second-order valence-electron chi connectivity index (χ2n) is 6.37. The first-order valence-electron chi connectivity index (χ1n) is 8.39. The van der Waals surface area contributed by atoms with Crippen LogP contribution in [0.15, 0.2) is 39.7 Å². The van der Waals surface area contributed by atoms with Crippen molar-refractivity contribution in [2.45, 2.75) is 25.7 Å². The lowest BCUT2D eigenvalue weighted by atomic mass is 10.1. The molecule has 146 valence electrons. The fourth-order valence-electron chi connectivity index (χ4n) is 3.29. The molecule has 0 amide bonds. The molecule has 2 aromatic heterocycles. The molecule has 3 aromatic rings. The number of anilines is 1. The largest absolute Gasteiger partial charge is 0.416 e. The van der Waals surface area contributed by atoms with Crippen LogP contribution in [0.25, 0.3) is 0 Å². The Bertz CT molecular complexity index is 1080. The van der Waals surface area contributed by atoms with Crippen molar-refractivity contribution in [3.8, 4) is 0 Å². The number of nitrogens with one attached hydrogen (secondary N) is 1. The van der Waals surface area contributed by atoms with Crippen LogP contribution in [-0.4, -0.2) is 31.7 Å². The topological polar surface area (TPSA) is 79.7 Å². The molecule has 0 unspecified atom stereocenters. The minimum atomic E-state index is -4.42. The number of halogens is 4. The van der Waals surface area contributed by atoms with E-state index in [1.807, 2.05) is 4.90 Å². The second-order valence-corrected chi connectivity index (χ2v) is 7.16. The Labute approximate surface area is 165 Å². The Morgan fingerprint density at radius 3 is 2.82 bits per heavy atom. The molecular weight excluding hydrogens is 441 g/mol. The second kappa shape index (κ2) is 7.04. The van der Waals surface area contributed by atoms with Gasteiger partial charge < -0.3 is 4.90 Å². The van der Waals surface area contributed by atoms with E-state index in [0.717, 1.165) is 11.8 Å². The van der Waals surface area contributed by atoms with Gasteiger partial charge in [0.2, 0.25) is 0 Å². The van der Waals surface area contributed by atoms with Crippen molar-refractivity contribution >= 4 is 21.6 Å². The molecule has 0 fully saturated rings. The number of H-pyrrole nitrogens is 1. The molecule has 0 atom stereocenters. The lowest BCUT2D eigenvalue weighted by Gasteiger charge is -2.28. The maximum absolute atomic E-state index is 13.2. The van der Waals surface area contributed by atoms with Crippen LogP contribution in [0.4, 0.5) is 18.9 Å². The molecule has 4 rings (SSSR count). The highest BCUT2D eigenvalue weighted by Gasteiger charge is 2.33. The Balaban J connectivity index is 1.61. The van der Waals surface area contributed by atoms with Gasteiger partial charge in [-0.2, -0.15) is 18.3 Å². The summed E-state index contributed by atoms with van der Waals surface area (Å²) >= 11 is 3.26. The Hall–Kier alpha value is -2.69. The SMILES string of the molecule is O=c1[nH]ncc(N2CCc3c(nnn3Cc3ccccc3C(F)(F)F)C2)c1Br. The smallest absolute Gasteiger partial charge is 0.363 e. The van der Waals surface area contributed by atoms with Crippen LogP contribution in [0.5, 0.6) is 0 Å². The van der Waals surface area contributed by atoms with Crippen LogP contribution in [0.3, 0.4) is 0 Å². The monoisotopic (exact) mass is 454 g/mol. The fraction of sp³-hybridized carbons (Fsp3) is 0.294. The van der Waals surface area contributed by atoms with Gasteiger partial charge in [0.15, 0.2) is 0 Å². The van der Waals surface area contributed by atoms with E-state index < -0.39 is 11.7 Å². The van der Waals surface area contributed by atoms with E-state index in [9.17, 15) is 18.0 Å². The van der Waals surface area contributed by atoms with Crippen LogP contribution in [0.1, 0.15) is 22.5 Å². The van der Waals surface area contributed by atoms with Crippen molar-refractivity contribution in [2.75, 3.05) is 11.4 Å². The number of benzene rings is 1. The first-order valence-corrected chi connectivity index (χ1v) is 9.18. The number of fused-ring (bicyclic) bond motifs is 1. The summed E-state index contributed by atoms with van der Waals surface area (Å²) in [7, 11) is 0. The standard InChI is InChI=1S/C17H14BrF3N6O/c18-15-14(7-22-24-16(15)28)26-6-5-13-12(9-26)23-25-27(13)8-10-3-1-2-4-11(10)17(19,20)21/h1-4,7H,5-6,8-9H2,(H,24,28). The minimum Gasteiger partial charge on any atom is -0.363 e. The summed E-state index contributed by atoms with van der Waals surface area (Å²) in [5.41, 5.74) is 1.23. The number of hydrogen-bond acceptors (Lipinski definition) is 5. The molecule has 0 radical (unpaired) electrons. The van der Waals surface area contributed by atoms with Crippen LogP contribution in [0.2, 0.25) is 0 Å². The van der Waals surface area contributed by atoms with Gasteiger partial charge >= 0.3 is 6.18 Å². The van der Waals surface area contributed by atoms with Crippen molar-refractivity contribution < 1.29 is 13.2 Å². The molecule has 0 saturated carbocycles. The molecule has 1 aliphatic heterocycles. The Morgan fingerprint density at radius 2 is 2.04 bits per heavy atom. The summed E-state index contributed by atoms with van der Waals surface area (Å²) in [6.45, 7) is 0.944. The fourth-order valence-corrected chi connectivity index (χ4v) is 3.73. The van der Waals surface area contributed by atoms with Gasteiger partial charge in [0.05, 0.1) is 36.2 Å². The van der Waals surface area contributed by atoms with E-state index in [-0.39, 0.29) is 17.7 Å². The van der Waals surface area contributed by atoms with E-state index in [0.29, 0.717) is 35.4 Å². The van der Waals surface area contributed by atoms with E-state index >= 15 is 0 Å². The molecule has 1 aromatic carbocycles. The van der Waals surface area contributed by atoms with Gasteiger partial charge in [0.25, 0.3) is 5.56 Å². The average molecular weight is 455 g/mol. The Kier molecular flexibility index (Phi) is 4.69. The lowest BCUT2D eigenvalue weighted by Crippen LogP contribution is -2.33. The van der Waals surface area contributed by atoms with Crippen molar-refractivity contribution in [1.82, 2.24) is 25.2 Å². The van der Waals surface area contributed by atoms with Crippen molar-refractivity contribution in [3.63, 3.8) is 0 Å². The highest BCUT2D eigenvalue weighted by atomic mass is 79.9. The normalized spacial score (nSPS) is 14.2. The van der Waals surface area contributed by atoms with Crippen LogP contribution in [-0.2, 0) is 25.7 Å². The summed E-state index contributed by atoms with van der Waals surface area (Å²) in [6.07, 6.45) is -2.34. The summed E-state index contributed by atoms with van der Waals surface area (Å²) in [6, 6.07) is 5.46. The van der Waals surface area contributed by atoms with Gasteiger partial charge in [-0.15, -0.1) is 5.10 Å². The highest BCUT2D eigenvalue weighted by molar-refractivity contribution is 9.10. The molecular formula is C17H14BrF3N6O. The number of alkyl halides is 3. The highest BCUT2D eigenvalue weighted by Crippen LogP contribution is 2.33. The maximum Gasteiger partial charge on any atom is 0.416 e. The first kappa shape index (κ1) is 18.7. The lowest BCUT2D eigenvalue weighted by molar-refractivity contribution is -0.138. The van der Waals surface area contributed by atoms with Crippen molar-refractivity contribution in [1.29, 1.82) is 0 Å². The van der Waals surface area contributed by atoms with E-state index in [1.54, 1.807) is 12.3 Å². The van der Waals surface area contributed by atoms with Crippen LogP contribution < -0.4 is 10.5 Å². The number of hydrogen-bond donors (Lipinski definition) is 1. The van der Waals surface area contributed by atoms with E-state index in [1.165, 1.54) is 16.8 Å². The van der Waals surface area contributed by atoms with Gasteiger partial charge in [-0.25, -0.2) is 9.78 Å². The minimum absolute atomic E-state index is 0.00568. The molecule has 1 N–H and O–H groups in total. The van der Waals surface area contributed by atoms with Gasteiger partial charge in [-0.05, 0) is 27.6 Å². The third-order valence-corrected chi connectivity index (χ3v) is 5.40. The van der Waals surface area contributed by atoms with Gasteiger partial charge in [-0.1, -0.05) is 23.4 Å². The molecule has 0 bridgehead atoms. The Morgan fingerprint density at radius 1 is 1.25 bits per heavy atom. The van der Waals surface area contributed by atoms with Crippen LogP contribution in [0, 0.1) is 0 Å². The zero-order valence-corrected chi connectivity index (χ0v) is 16.0. The summed E-state index contributed by atoms with van der Waals surface area (Å²) in [4.78, 5) is 13.7. The predicted molar refractivity (Wildman–Crippen MR) is 97.9 cm³/mol. The third kappa shape index (κ3) is 3.41. The van der Waals surface area contributed by atoms with Gasteiger partial charge in [0, 0.05) is 13.0 Å². The average Bonchev–Trinajstić information content (AvgIpc) is 3.06. The van der Waals surface area contributed by atoms with Crippen molar-refractivity contribution in [2.24, 2.45) is 0 Å². The molecule has 0 saturated heterocycles. The van der Waals surface area contributed by atoms with E-state index in [2.05, 4.69) is 36.4 Å². The quantitative estimate of drug-likeness (QED) is 0.658. The molecule has 1 aliphatic rings. The molecule has 0 spiro atoms. The molecule has 0 aliphatic carbocycles. The van der Waals surface area contributed by atoms with Gasteiger partial charge in [-0.3, -0.25) is 4.79 Å². The molecule has 11 heteroatoms. The predicted octanol–water partition coefficient (Wildman–Crippen LogP) is 2.75. The zero-order valence-electron chi connectivity index (χ0n) is 14.4. The first-order chi connectivity index (χ1) is 13.3. The molecule has 7 nitrogen and oxygen atoms in total. The number of aromatic nitrogens is 5. The third-order valence-electron chi connectivity index (χ3n) is 4.64. The van der Waals surface area contributed by atoms with Crippen LogP contribution >= 0.6 is 15.9 Å². The number of nitrogens with zero attached hydrogens (tertiary/aromatic N) is 5. The molecule has 28 heavy (non-hydrogen) atoms.